The van der Waals surface area contributed by atoms with Crippen molar-refractivity contribution in [1.29, 1.82) is 0 Å². The summed E-state index contributed by atoms with van der Waals surface area (Å²) in [6.45, 7) is 2.36. The molecule has 0 radical (unpaired) electrons. The first-order chi connectivity index (χ1) is 15.0. The number of hydrogen-bond donors (Lipinski definition) is 0. The Hall–Kier alpha value is -2.57. The summed E-state index contributed by atoms with van der Waals surface area (Å²) >= 11 is 1.94. The molecule has 0 saturated carbocycles. The van der Waals surface area contributed by atoms with Gasteiger partial charge in [-0.05, 0) is 67.7 Å². The molecular weight excluding hydrogens is 426 g/mol. The lowest BCUT2D eigenvalue weighted by Gasteiger charge is -2.12. The van der Waals surface area contributed by atoms with Crippen LogP contribution in [0, 0.1) is 6.92 Å². The molecule has 4 nitrogen and oxygen atoms in total. The molecule has 31 heavy (non-hydrogen) atoms. The van der Waals surface area contributed by atoms with Crippen LogP contribution < -0.4 is 4.74 Å². The van der Waals surface area contributed by atoms with Gasteiger partial charge in [0.15, 0.2) is 9.84 Å². The van der Waals surface area contributed by atoms with E-state index in [1.807, 2.05) is 55.1 Å². The van der Waals surface area contributed by atoms with Crippen molar-refractivity contribution < 1.29 is 13.2 Å². The van der Waals surface area contributed by atoms with Gasteiger partial charge in [0.2, 0.25) is 0 Å². The zero-order chi connectivity index (χ0) is 21.7. The van der Waals surface area contributed by atoms with Crippen molar-refractivity contribution in [1.82, 2.24) is 4.98 Å². The Morgan fingerprint density at radius 2 is 1.81 bits per heavy atom. The molecule has 0 N–H and O–H groups in total. The number of ether oxygens (including phenoxy) is 1. The Morgan fingerprint density at radius 1 is 1.06 bits per heavy atom. The maximum absolute atomic E-state index is 12.6. The number of aryl methyl sites for hydroxylation is 1. The zero-order valence-electron chi connectivity index (χ0n) is 17.5. The van der Waals surface area contributed by atoms with Gasteiger partial charge in [-0.25, -0.2) is 8.42 Å². The highest BCUT2D eigenvalue weighted by Gasteiger charge is 2.11. The Kier molecular flexibility index (Phi) is 6.78. The molecule has 1 aliphatic heterocycles. The van der Waals surface area contributed by atoms with Gasteiger partial charge in [-0.3, -0.25) is 4.98 Å². The van der Waals surface area contributed by atoms with E-state index in [2.05, 4.69) is 4.98 Å². The summed E-state index contributed by atoms with van der Waals surface area (Å²) < 4.78 is 31.1. The van der Waals surface area contributed by atoms with Gasteiger partial charge in [0.25, 0.3) is 0 Å². The summed E-state index contributed by atoms with van der Waals surface area (Å²) in [5.41, 5.74) is 4.24. The lowest BCUT2D eigenvalue weighted by atomic mass is 10.1. The summed E-state index contributed by atoms with van der Waals surface area (Å²) in [5.74, 6) is 2.86. The number of sulfone groups is 1. The van der Waals surface area contributed by atoms with Crippen LogP contribution in [0.1, 0.15) is 24.1 Å². The lowest BCUT2D eigenvalue weighted by Crippen LogP contribution is -2.00. The average Bonchev–Trinajstić information content (AvgIpc) is 2.78. The van der Waals surface area contributed by atoms with E-state index in [9.17, 15) is 8.42 Å². The molecule has 6 heteroatoms. The number of aromatic nitrogens is 1. The smallest absolute Gasteiger partial charge is 0.199 e. The first-order valence-corrected chi connectivity index (χ1v) is 13.0. The second kappa shape index (κ2) is 9.71. The molecule has 0 atom stereocenters. The summed E-state index contributed by atoms with van der Waals surface area (Å²) in [7, 11) is -3.47. The van der Waals surface area contributed by atoms with E-state index in [0.717, 1.165) is 46.5 Å². The number of pyridine rings is 1. The summed E-state index contributed by atoms with van der Waals surface area (Å²) in [4.78, 5) is 4.81. The molecule has 2 heterocycles. The average molecular weight is 452 g/mol. The fourth-order valence-corrected chi connectivity index (χ4v) is 5.53. The number of fused-ring (bicyclic) bond motifs is 1. The monoisotopic (exact) mass is 451 g/mol. The highest BCUT2D eigenvalue weighted by molar-refractivity contribution is 7.99. The van der Waals surface area contributed by atoms with E-state index in [0.29, 0.717) is 12.4 Å². The zero-order valence-corrected chi connectivity index (χ0v) is 19.1. The third kappa shape index (κ3) is 5.57. The SMILES string of the molecule is Cc1cc(COc2ccc(S(=O)(=O)C=CC=C3CCSCC3)cc2)c2ccccc2n1. The molecule has 1 saturated heterocycles. The molecule has 160 valence electrons. The van der Waals surface area contributed by atoms with Crippen molar-refractivity contribution in [3.05, 3.63) is 89.0 Å². The highest BCUT2D eigenvalue weighted by atomic mass is 32.2. The summed E-state index contributed by atoms with van der Waals surface area (Å²) in [6.07, 6.45) is 5.67. The Bertz CT molecular complexity index is 1220. The van der Waals surface area contributed by atoms with Gasteiger partial charge in [0, 0.05) is 22.1 Å². The first-order valence-electron chi connectivity index (χ1n) is 10.3. The van der Waals surface area contributed by atoms with Crippen molar-refractivity contribution in [3.8, 4) is 5.75 Å². The van der Waals surface area contributed by atoms with E-state index in [-0.39, 0.29) is 4.90 Å². The Morgan fingerprint density at radius 3 is 2.58 bits per heavy atom. The normalized spacial score (nSPS) is 14.8. The maximum atomic E-state index is 12.6. The van der Waals surface area contributed by atoms with E-state index < -0.39 is 9.84 Å². The van der Waals surface area contributed by atoms with E-state index in [4.69, 9.17) is 4.74 Å². The third-order valence-corrected chi connectivity index (χ3v) is 7.63. The minimum Gasteiger partial charge on any atom is -0.489 e. The molecule has 1 aromatic heterocycles. The molecule has 3 aromatic rings. The Labute approximate surface area is 188 Å². The van der Waals surface area contributed by atoms with Gasteiger partial charge in [-0.1, -0.05) is 35.9 Å². The van der Waals surface area contributed by atoms with Crippen molar-refractivity contribution >= 4 is 32.5 Å². The highest BCUT2D eigenvalue weighted by Crippen LogP contribution is 2.24. The van der Waals surface area contributed by atoms with Gasteiger partial charge in [0.05, 0.1) is 10.4 Å². The molecule has 0 amide bonds. The van der Waals surface area contributed by atoms with Gasteiger partial charge < -0.3 is 4.74 Å². The number of nitrogens with zero attached hydrogens (tertiary/aromatic N) is 1. The molecule has 0 bridgehead atoms. The number of thioether (sulfide) groups is 1. The second-order valence-electron chi connectivity index (χ2n) is 7.51. The summed E-state index contributed by atoms with van der Waals surface area (Å²) in [5, 5.41) is 2.34. The fourth-order valence-electron chi connectivity index (χ4n) is 3.56. The number of allylic oxidation sites excluding steroid dienone is 3. The predicted octanol–water partition coefficient (Wildman–Crippen LogP) is 5.86. The number of benzene rings is 2. The van der Waals surface area contributed by atoms with Gasteiger partial charge >= 0.3 is 0 Å². The van der Waals surface area contributed by atoms with Crippen LogP contribution in [0.25, 0.3) is 10.9 Å². The standard InChI is InChI=1S/C25H25NO3S2/c1-19-17-21(24-6-2-3-7-25(24)26-19)18-29-22-8-10-23(11-9-22)31(27,28)16-4-5-20-12-14-30-15-13-20/h2-11,16-17H,12-15,18H2,1H3. The number of rotatable bonds is 6. The molecule has 1 fully saturated rings. The number of hydrogen-bond acceptors (Lipinski definition) is 5. The maximum Gasteiger partial charge on any atom is 0.199 e. The molecule has 4 rings (SSSR count). The van der Waals surface area contributed by atoms with E-state index in [1.165, 1.54) is 11.0 Å². The summed E-state index contributed by atoms with van der Waals surface area (Å²) in [6, 6.07) is 16.6. The quantitative estimate of drug-likeness (QED) is 0.470. The van der Waals surface area contributed by atoms with E-state index in [1.54, 1.807) is 30.3 Å². The molecule has 0 spiro atoms. The van der Waals surface area contributed by atoms with Gasteiger partial charge in [-0.15, -0.1) is 0 Å². The number of para-hydroxylation sites is 1. The molecule has 0 unspecified atom stereocenters. The topological polar surface area (TPSA) is 56.3 Å². The largest absolute Gasteiger partial charge is 0.489 e. The van der Waals surface area contributed by atoms with Crippen LogP contribution in [0.2, 0.25) is 0 Å². The Balaban J connectivity index is 1.44. The van der Waals surface area contributed by atoms with Crippen LogP contribution in [0.5, 0.6) is 5.75 Å². The molecule has 0 aliphatic carbocycles. The predicted molar refractivity (Wildman–Crippen MR) is 128 cm³/mol. The van der Waals surface area contributed by atoms with Crippen LogP contribution in [-0.4, -0.2) is 24.9 Å². The fraction of sp³-hybridized carbons (Fsp3) is 0.240. The van der Waals surface area contributed by atoms with Gasteiger partial charge in [-0.2, -0.15) is 11.8 Å². The van der Waals surface area contributed by atoms with Gasteiger partial charge in [0.1, 0.15) is 12.4 Å². The van der Waals surface area contributed by atoms with E-state index >= 15 is 0 Å². The first kappa shape index (κ1) is 21.7. The van der Waals surface area contributed by atoms with Crippen molar-refractivity contribution in [2.24, 2.45) is 0 Å². The van der Waals surface area contributed by atoms with Crippen LogP contribution in [0.15, 0.2) is 82.6 Å². The van der Waals surface area contributed by atoms with Crippen LogP contribution in [-0.2, 0) is 16.4 Å². The van der Waals surface area contributed by atoms with Crippen molar-refractivity contribution in [2.75, 3.05) is 11.5 Å². The van der Waals surface area contributed by atoms with Crippen molar-refractivity contribution in [3.63, 3.8) is 0 Å². The minimum absolute atomic E-state index is 0.263. The van der Waals surface area contributed by atoms with Crippen molar-refractivity contribution in [2.45, 2.75) is 31.3 Å². The van der Waals surface area contributed by atoms with Crippen LogP contribution in [0.3, 0.4) is 0 Å². The molecular formula is C25H25NO3S2. The minimum atomic E-state index is -3.47. The van der Waals surface area contributed by atoms with Crippen LogP contribution >= 0.6 is 11.8 Å². The molecule has 1 aliphatic rings. The van der Waals surface area contributed by atoms with Crippen LogP contribution in [0.4, 0.5) is 0 Å². The molecule has 2 aromatic carbocycles. The second-order valence-corrected chi connectivity index (χ2v) is 10.6. The lowest BCUT2D eigenvalue weighted by molar-refractivity contribution is 0.307. The third-order valence-electron chi connectivity index (χ3n) is 5.20.